The maximum atomic E-state index is 11.5. The lowest BCUT2D eigenvalue weighted by molar-refractivity contribution is -0.121. The van der Waals surface area contributed by atoms with Gasteiger partial charge in [0.15, 0.2) is 0 Å². The number of carbonyl (C=O) groups excluding carboxylic acids is 1. The Balaban J connectivity index is 2.36. The quantitative estimate of drug-likeness (QED) is 0.812. The molecule has 0 fully saturated rings. The van der Waals surface area contributed by atoms with Crippen LogP contribution in [0, 0.1) is 6.92 Å². The van der Waals surface area contributed by atoms with Gasteiger partial charge in [0, 0.05) is 25.0 Å². The van der Waals surface area contributed by atoms with E-state index in [1.807, 2.05) is 26.0 Å². The Bertz CT molecular complexity index is 388. The molecule has 0 radical (unpaired) electrons. The minimum atomic E-state index is 0.106. The van der Waals surface area contributed by atoms with E-state index in [0.717, 1.165) is 0 Å². The molecule has 0 aromatic heterocycles. The van der Waals surface area contributed by atoms with E-state index < -0.39 is 0 Å². The molecule has 0 aliphatic carbocycles. The molecule has 1 atom stereocenters. The molecule has 1 amide bonds. The van der Waals surface area contributed by atoms with Gasteiger partial charge in [0.1, 0.15) is 0 Å². The summed E-state index contributed by atoms with van der Waals surface area (Å²) in [6.45, 7) is 8.89. The largest absolute Gasteiger partial charge is 0.354 e. The van der Waals surface area contributed by atoms with Crippen LogP contribution in [-0.4, -0.2) is 18.5 Å². The smallest absolute Gasteiger partial charge is 0.221 e. The molecule has 0 saturated heterocycles. The third-order valence-electron chi connectivity index (χ3n) is 2.91. The van der Waals surface area contributed by atoms with Crippen LogP contribution in [-0.2, 0) is 4.79 Å². The Morgan fingerprint density at radius 2 is 1.89 bits per heavy atom. The molecule has 18 heavy (non-hydrogen) atoms. The van der Waals surface area contributed by atoms with Crippen LogP contribution < -0.4 is 10.6 Å². The van der Waals surface area contributed by atoms with Gasteiger partial charge in [0.25, 0.3) is 0 Å². The average molecular weight is 248 g/mol. The molecule has 1 aromatic carbocycles. The first-order valence-corrected chi connectivity index (χ1v) is 6.59. The van der Waals surface area contributed by atoms with Crippen LogP contribution in [0.4, 0.5) is 0 Å². The summed E-state index contributed by atoms with van der Waals surface area (Å²) in [4.78, 5) is 11.5. The summed E-state index contributed by atoms with van der Waals surface area (Å²) in [6.07, 6.45) is 0.522. The van der Waals surface area contributed by atoms with Crippen LogP contribution in [0.25, 0.3) is 0 Å². The van der Waals surface area contributed by atoms with Gasteiger partial charge in [-0.25, -0.2) is 0 Å². The third kappa shape index (κ3) is 4.88. The van der Waals surface area contributed by atoms with Crippen molar-refractivity contribution >= 4 is 5.91 Å². The Morgan fingerprint density at radius 3 is 2.50 bits per heavy atom. The molecule has 3 nitrogen and oxygen atoms in total. The van der Waals surface area contributed by atoms with Crippen molar-refractivity contribution in [1.29, 1.82) is 0 Å². The highest BCUT2D eigenvalue weighted by Crippen LogP contribution is 2.16. The first-order valence-electron chi connectivity index (χ1n) is 6.59. The molecule has 0 heterocycles. The van der Waals surface area contributed by atoms with Gasteiger partial charge in [-0.2, -0.15) is 0 Å². The van der Waals surface area contributed by atoms with Crippen LogP contribution in [0.3, 0.4) is 0 Å². The van der Waals surface area contributed by atoms with Crippen LogP contribution in [0.1, 0.15) is 44.4 Å². The monoisotopic (exact) mass is 248 g/mol. The van der Waals surface area contributed by atoms with Crippen molar-refractivity contribution in [2.45, 2.75) is 46.2 Å². The standard InChI is InChI=1S/C15H24N2O/c1-11(2)17-15(18)9-10-16-13(4)14-8-6-5-7-12(14)3/h5-8,11,13,16H,9-10H2,1-4H3,(H,17,18). The first kappa shape index (κ1) is 14.7. The van der Waals surface area contributed by atoms with Gasteiger partial charge in [-0.1, -0.05) is 24.3 Å². The minimum absolute atomic E-state index is 0.106. The van der Waals surface area contributed by atoms with Crippen molar-refractivity contribution in [3.8, 4) is 0 Å². The summed E-state index contributed by atoms with van der Waals surface area (Å²) in [6, 6.07) is 8.82. The predicted molar refractivity (Wildman–Crippen MR) is 75.5 cm³/mol. The fourth-order valence-electron chi connectivity index (χ4n) is 1.98. The van der Waals surface area contributed by atoms with Crippen molar-refractivity contribution in [3.63, 3.8) is 0 Å². The molecular formula is C15H24N2O. The summed E-state index contributed by atoms with van der Waals surface area (Å²) in [5, 5.41) is 6.27. The predicted octanol–water partition coefficient (Wildman–Crippen LogP) is 2.56. The molecule has 3 heteroatoms. The molecule has 1 unspecified atom stereocenters. The summed E-state index contributed by atoms with van der Waals surface area (Å²) in [7, 11) is 0. The fraction of sp³-hybridized carbons (Fsp3) is 0.533. The Labute approximate surface area is 110 Å². The number of hydrogen-bond donors (Lipinski definition) is 2. The lowest BCUT2D eigenvalue weighted by atomic mass is 10.0. The van der Waals surface area contributed by atoms with Gasteiger partial charge < -0.3 is 10.6 Å². The Morgan fingerprint density at radius 1 is 1.22 bits per heavy atom. The minimum Gasteiger partial charge on any atom is -0.354 e. The zero-order valence-electron chi connectivity index (χ0n) is 11.8. The number of hydrogen-bond acceptors (Lipinski definition) is 2. The number of amides is 1. The van der Waals surface area contributed by atoms with E-state index in [9.17, 15) is 4.79 Å². The van der Waals surface area contributed by atoms with Gasteiger partial charge in [0.2, 0.25) is 5.91 Å². The fourth-order valence-corrected chi connectivity index (χ4v) is 1.98. The van der Waals surface area contributed by atoms with Gasteiger partial charge >= 0.3 is 0 Å². The van der Waals surface area contributed by atoms with E-state index in [4.69, 9.17) is 0 Å². The van der Waals surface area contributed by atoms with Crippen molar-refractivity contribution in [2.75, 3.05) is 6.54 Å². The summed E-state index contributed by atoms with van der Waals surface area (Å²) in [5.74, 6) is 0.106. The van der Waals surface area contributed by atoms with E-state index in [1.165, 1.54) is 11.1 Å². The van der Waals surface area contributed by atoms with Crippen molar-refractivity contribution in [2.24, 2.45) is 0 Å². The molecule has 0 aliphatic rings. The maximum absolute atomic E-state index is 11.5. The van der Waals surface area contributed by atoms with Gasteiger partial charge in [-0.05, 0) is 38.8 Å². The number of nitrogens with one attached hydrogen (secondary N) is 2. The summed E-state index contributed by atoms with van der Waals surface area (Å²) in [5.41, 5.74) is 2.57. The third-order valence-corrected chi connectivity index (χ3v) is 2.91. The number of aryl methyl sites for hydroxylation is 1. The molecule has 0 spiro atoms. The van der Waals surface area contributed by atoms with Gasteiger partial charge in [0.05, 0.1) is 0 Å². The van der Waals surface area contributed by atoms with Crippen LogP contribution in [0.5, 0.6) is 0 Å². The Hall–Kier alpha value is -1.35. The highest BCUT2D eigenvalue weighted by molar-refractivity contribution is 5.76. The van der Waals surface area contributed by atoms with E-state index >= 15 is 0 Å². The van der Waals surface area contributed by atoms with Crippen LogP contribution >= 0.6 is 0 Å². The highest BCUT2D eigenvalue weighted by Gasteiger charge is 2.08. The average Bonchev–Trinajstić information content (AvgIpc) is 2.28. The summed E-state index contributed by atoms with van der Waals surface area (Å²) < 4.78 is 0. The normalized spacial score (nSPS) is 12.5. The molecular weight excluding hydrogens is 224 g/mol. The zero-order valence-corrected chi connectivity index (χ0v) is 11.8. The van der Waals surface area contributed by atoms with E-state index in [2.05, 4.69) is 36.6 Å². The molecule has 0 bridgehead atoms. The molecule has 100 valence electrons. The van der Waals surface area contributed by atoms with E-state index in [1.54, 1.807) is 0 Å². The number of benzene rings is 1. The Kier molecular flexibility index (Phi) is 5.86. The lowest BCUT2D eigenvalue weighted by Crippen LogP contribution is -2.33. The van der Waals surface area contributed by atoms with Crippen molar-refractivity contribution < 1.29 is 4.79 Å². The van der Waals surface area contributed by atoms with Gasteiger partial charge in [-0.3, -0.25) is 4.79 Å². The first-order chi connectivity index (χ1) is 8.50. The highest BCUT2D eigenvalue weighted by atomic mass is 16.1. The number of rotatable bonds is 6. The van der Waals surface area contributed by atoms with Crippen molar-refractivity contribution in [3.05, 3.63) is 35.4 Å². The lowest BCUT2D eigenvalue weighted by Gasteiger charge is -2.16. The summed E-state index contributed by atoms with van der Waals surface area (Å²) >= 11 is 0. The number of carbonyl (C=O) groups is 1. The molecule has 0 saturated carbocycles. The maximum Gasteiger partial charge on any atom is 0.221 e. The van der Waals surface area contributed by atoms with Crippen molar-refractivity contribution in [1.82, 2.24) is 10.6 Å². The van der Waals surface area contributed by atoms with E-state index in [0.29, 0.717) is 13.0 Å². The van der Waals surface area contributed by atoms with E-state index in [-0.39, 0.29) is 18.0 Å². The second-order valence-corrected chi connectivity index (χ2v) is 5.00. The molecule has 0 aliphatic heterocycles. The second-order valence-electron chi connectivity index (χ2n) is 5.00. The topological polar surface area (TPSA) is 41.1 Å². The zero-order chi connectivity index (χ0) is 13.5. The molecule has 2 N–H and O–H groups in total. The SMILES string of the molecule is Cc1ccccc1C(C)NCCC(=O)NC(C)C. The van der Waals surface area contributed by atoms with Gasteiger partial charge in [-0.15, -0.1) is 0 Å². The molecule has 1 aromatic rings. The molecule has 1 rings (SSSR count). The van der Waals surface area contributed by atoms with Crippen LogP contribution in [0.15, 0.2) is 24.3 Å². The second kappa shape index (κ2) is 7.17. The van der Waals surface area contributed by atoms with Crippen LogP contribution in [0.2, 0.25) is 0 Å².